The average molecular weight is 329 g/mol. The average Bonchev–Trinajstić information content (AvgIpc) is 3.05. The number of carboxylic acid groups (broad SMARTS) is 1. The molecule has 0 aliphatic carbocycles. The van der Waals surface area contributed by atoms with E-state index < -0.39 is 5.97 Å². The third-order valence-corrected chi connectivity index (χ3v) is 3.87. The van der Waals surface area contributed by atoms with Crippen LogP contribution >= 0.6 is 22.9 Å². The Balaban J connectivity index is 1.84. The zero-order valence-corrected chi connectivity index (χ0v) is 12.7. The predicted octanol–water partition coefficient (Wildman–Crippen LogP) is 3.03. The number of aromatic carboxylic acids is 1. The number of carbonyl (C=O) groups is 2. The molecule has 21 heavy (non-hydrogen) atoms. The van der Waals surface area contributed by atoms with Gasteiger partial charge in [0.15, 0.2) is 0 Å². The van der Waals surface area contributed by atoms with Crippen molar-refractivity contribution in [1.29, 1.82) is 0 Å². The largest absolute Gasteiger partial charge is 0.475 e. The molecule has 2 aromatic rings. The van der Waals surface area contributed by atoms with E-state index in [0.29, 0.717) is 16.6 Å². The monoisotopic (exact) mass is 328 g/mol. The fraction of sp³-hybridized carbons (Fsp3) is 0.231. The summed E-state index contributed by atoms with van der Waals surface area (Å²) in [6.07, 6.45) is 0. The van der Waals surface area contributed by atoms with Gasteiger partial charge in [-0.15, -0.1) is 11.3 Å². The van der Waals surface area contributed by atoms with Crippen molar-refractivity contribution in [1.82, 2.24) is 10.2 Å². The highest BCUT2D eigenvalue weighted by Gasteiger charge is 2.12. The van der Waals surface area contributed by atoms with E-state index in [9.17, 15) is 9.59 Å². The van der Waals surface area contributed by atoms with Crippen LogP contribution in [0.1, 0.15) is 21.2 Å². The molecule has 0 radical (unpaired) electrons. The minimum atomic E-state index is -1.14. The minimum absolute atomic E-state index is 0.127. The molecule has 112 valence electrons. The Hall–Kier alpha value is -1.99. The first kappa shape index (κ1) is 15.4. The van der Waals surface area contributed by atoms with E-state index in [-0.39, 0.29) is 18.3 Å². The highest BCUT2D eigenvalue weighted by Crippen LogP contribution is 2.22. The minimum Gasteiger partial charge on any atom is -0.475 e. The van der Waals surface area contributed by atoms with Crippen LogP contribution < -0.4 is 5.32 Å². The summed E-state index contributed by atoms with van der Waals surface area (Å²) in [5.74, 6) is -0.909. The third-order valence-electron chi connectivity index (χ3n) is 2.65. The third kappa shape index (κ3) is 4.24. The molecule has 0 saturated carbocycles. The van der Waals surface area contributed by atoms with Crippen LogP contribution in [0.4, 0.5) is 4.79 Å². The van der Waals surface area contributed by atoms with E-state index in [1.165, 1.54) is 28.4 Å². The van der Waals surface area contributed by atoms with Crippen LogP contribution in [0.25, 0.3) is 0 Å². The highest BCUT2D eigenvalue weighted by atomic mass is 35.5. The molecule has 0 aromatic carbocycles. The quantitative estimate of drug-likeness (QED) is 0.883. The molecular weight excluding hydrogens is 316 g/mol. The summed E-state index contributed by atoms with van der Waals surface area (Å²) >= 11 is 7.25. The van der Waals surface area contributed by atoms with E-state index in [1.807, 2.05) is 6.07 Å². The zero-order chi connectivity index (χ0) is 15.4. The van der Waals surface area contributed by atoms with Gasteiger partial charge in [-0.1, -0.05) is 11.6 Å². The van der Waals surface area contributed by atoms with Gasteiger partial charge in [0.1, 0.15) is 5.76 Å². The summed E-state index contributed by atoms with van der Waals surface area (Å²) in [4.78, 5) is 25.0. The van der Waals surface area contributed by atoms with E-state index in [2.05, 4.69) is 5.32 Å². The molecular formula is C13H13ClN2O4S. The van der Waals surface area contributed by atoms with E-state index >= 15 is 0 Å². The maximum atomic E-state index is 11.9. The number of thiophene rings is 1. The first-order chi connectivity index (χ1) is 9.95. The van der Waals surface area contributed by atoms with Gasteiger partial charge in [-0.2, -0.15) is 0 Å². The van der Waals surface area contributed by atoms with Gasteiger partial charge in [0.2, 0.25) is 5.76 Å². The lowest BCUT2D eigenvalue weighted by atomic mass is 10.4. The Morgan fingerprint density at radius 2 is 2.14 bits per heavy atom. The number of amides is 2. The van der Waals surface area contributed by atoms with Gasteiger partial charge in [-0.25, -0.2) is 9.59 Å². The van der Waals surface area contributed by atoms with Crippen LogP contribution in [-0.2, 0) is 13.1 Å². The molecule has 0 unspecified atom stereocenters. The molecule has 2 rings (SSSR count). The molecule has 2 heterocycles. The first-order valence-electron chi connectivity index (χ1n) is 6.01. The van der Waals surface area contributed by atoms with Crippen LogP contribution in [-0.4, -0.2) is 29.1 Å². The molecule has 2 amide bonds. The standard InChI is InChI=1S/C13H13ClN2O4S/c1-16(7-9-3-5-11(14)21-9)13(19)15-6-8-2-4-10(20-8)12(17)18/h2-5H,6-7H2,1H3,(H,15,19)(H,17,18). The Kier molecular flexibility index (Phi) is 4.87. The van der Waals surface area contributed by atoms with Crippen LogP contribution in [0, 0.1) is 0 Å². The fourth-order valence-electron chi connectivity index (χ4n) is 1.63. The molecule has 8 heteroatoms. The molecule has 6 nitrogen and oxygen atoms in total. The number of hydrogen-bond donors (Lipinski definition) is 2. The summed E-state index contributed by atoms with van der Waals surface area (Å²) in [5.41, 5.74) is 0. The number of urea groups is 1. The summed E-state index contributed by atoms with van der Waals surface area (Å²) < 4.78 is 5.73. The van der Waals surface area contributed by atoms with Crippen LogP contribution in [0.2, 0.25) is 4.34 Å². The second-order valence-corrected chi connectivity index (χ2v) is 6.09. The molecule has 0 aliphatic heterocycles. The second kappa shape index (κ2) is 6.64. The van der Waals surface area contributed by atoms with Gasteiger partial charge >= 0.3 is 12.0 Å². The van der Waals surface area contributed by atoms with Crippen molar-refractivity contribution in [3.63, 3.8) is 0 Å². The van der Waals surface area contributed by atoms with Gasteiger partial charge in [0.25, 0.3) is 0 Å². The Morgan fingerprint density at radius 1 is 1.38 bits per heavy atom. The molecule has 0 spiro atoms. The van der Waals surface area contributed by atoms with Gasteiger partial charge in [-0.05, 0) is 24.3 Å². The van der Waals surface area contributed by atoms with Gasteiger partial charge in [0, 0.05) is 11.9 Å². The summed E-state index contributed by atoms with van der Waals surface area (Å²) in [6, 6.07) is 6.23. The molecule has 0 bridgehead atoms. The highest BCUT2D eigenvalue weighted by molar-refractivity contribution is 7.16. The summed E-state index contributed by atoms with van der Waals surface area (Å²) in [5, 5.41) is 11.4. The van der Waals surface area contributed by atoms with Crippen molar-refractivity contribution < 1.29 is 19.1 Å². The SMILES string of the molecule is CN(Cc1ccc(Cl)s1)C(=O)NCc1ccc(C(=O)O)o1. The lowest BCUT2D eigenvalue weighted by Gasteiger charge is -2.16. The molecule has 2 N–H and O–H groups in total. The summed E-state index contributed by atoms with van der Waals surface area (Å²) in [7, 11) is 1.66. The number of hydrogen-bond acceptors (Lipinski definition) is 4. The van der Waals surface area contributed by atoms with Crippen LogP contribution in [0.3, 0.4) is 0 Å². The van der Waals surface area contributed by atoms with Crippen molar-refractivity contribution in [2.24, 2.45) is 0 Å². The normalized spacial score (nSPS) is 10.4. The zero-order valence-electron chi connectivity index (χ0n) is 11.1. The number of furan rings is 1. The van der Waals surface area contributed by atoms with Crippen molar-refractivity contribution in [3.8, 4) is 0 Å². The van der Waals surface area contributed by atoms with Crippen molar-refractivity contribution in [2.45, 2.75) is 13.1 Å². The second-order valence-electron chi connectivity index (χ2n) is 4.29. The number of halogens is 1. The molecule has 0 fully saturated rings. The van der Waals surface area contributed by atoms with E-state index in [4.69, 9.17) is 21.1 Å². The topological polar surface area (TPSA) is 82.8 Å². The maximum Gasteiger partial charge on any atom is 0.371 e. The van der Waals surface area contributed by atoms with Crippen molar-refractivity contribution >= 4 is 34.9 Å². The predicted molar refractivity (Wildman–Crippen MR) is 78.7 cm³/mol. The fourth-order valence-corrected chi connectivity index (χ4v) is 2.77. The molecule has 0 atom stereocenters. The lowest BCUT2D eigenvalue weighted by Crippen LogP contribution is -2.36. The molecule has 2 aromatic heterocycles. The van der Waals surface area contributed by atoms with E-state index in [1.54, 1.807) is 13.1 Å². The number of nitrogens with one attached hydrogen (secondary N) is 1. The lowest BCUT2D eigenvalue weighted by molar-refractivity contribution is 0.0660. The Bertz CT molecular complexity index is 652. The number of nitrogens with zero attached hydrogens (tertiary/aromatic N) is 1. The Labute approximate surface area is 129 Å². The van der Waals surface area contributed by atoms with Gasteiger partial charge in [0.05, 0.1) is 17.4 Å². The summed E-state index contributed by atoms with van der Waals surface area (Å²) in [6.45, 7) is 0.573. The van der Waals surface area contributed by atoms with Crippen molar-refractivity contribution in [3.05, 3.63) is 45.0 Å². The first-order valence-corrected chi connectivity index (χ1v) is 7.20. The Morgan fingerprint density at radius 3 is 2.71 bits per heavy atom. The number of carbonyl (C=O) groups excluding carboxylic acids is 1. The van der Waals surface area contributed by atoms with E-state index in [0.717, 1.165) is 4.88 Å². The maximum absolute atomic E-state index is 11.9. The molecule has 0 aliphatic rings. The molecule has 0 saturated heterocycles. The smallest absolute Gasteiger partial charge is 0.371 e. The number of carboxylic acids is 1. The van der Waals surface area contributed by atoms with Crippen LogP contribution in [0.15, 0.2) is 28.7 Å². The van der Waals surface area contributed by atoms with Gasteiger partial charge < -0.3 is 19.7 Å². The number of rotatable bonds is 5. The van der Waals surface area contributed by atoms with Crippen molar-refractivity contribution in [2.75, 3.05) is 7.05 Å². The van der Waals surface area contributed by atoms with Crippen LogP contribution in [0.5, 0.6) is 0 Å². The van der Waals surface area contributed by atoms with Gasteiger partial charge in [-0.3, -0.25) is 0 Å².